The average Bonchev–Trinajstić information content (AvgIpc) is 3.01. The van der Waals surface area contributed by atoms with Gasteiger partial charge in [0, 0.05) is 5.56 Å². The Kier molecular flexibility index (Phi) is 3.56. The van der Waals surface area contributed by atoms with E-state index in [0.717, 1.165) is 22.0 Å². The number of hydrogen-bond acceptors (Lipinski definition) is 4. The molecule has 1 N–H and O–H groups in total. The number of oxazole rings is 1. The zero-order chi connectivity index (χ0) is 16.4. The number of benzene rings is 3. The second-order valence-corrected chi connectivity index (χ2v) is 5.33. The SMILES string of the molecule is Oc1oc(-c2cccc3ccccc23)nc1C=Nc1ccccc1. The van der Waals surface area contributed by atoms with Gasteiger partial charge in [0.2, 0.25) is 5.89 Å². The van der Waals surface area contributed by atoms with E-state index in [1.165, 1.54) is 6.21 Å². The van der Waals surface area contributed by atoms with Crippen LogP contribution in [0.25, 0.3) is 22.2 Å². The van der Waals surface area contributed by atoms with Crippen molar-refractivity contribution in [2.75, 3.05) is 0 Å². The zero-order valence-electron chi connectivity index (χ0n) is 12.8. The summed E-state index contributed by atoms with van der Waals surface area (Å²) in [5.41, 5.74) is 1.93. The first kappa shape index (κ1) is 14.2. The second-order valence-electron chi connectivity index (χ2n) is 5.33. The van der Waals surface area contributed by atoms with Crippen LogP contribution < -0.4 is 0 Å². The summed E-state index contributed by atoms with van der Waals surface area (Å²) in [5, 5.41) is 12.1. The number of aromatic nitrogens is 1. The fourth-order valence-electron chi connectivity index (χ4n) is 2.58. The number of aromatic hydroxyl groups is 1. The number of rotatable bonds is 3. The van der Waals surface area contributed by atoms with Gasteiger partial charge in [-0.05, 0) is 29.0 Å². The first-order chi connectivity index (χ1) is 11.8. The summed E-state index contributed by atoms with van der Waals surface area (Å²) >= 11 is 0. The molecule has 24 heavy (non-hydrogen) atoms. The van der Waals surface area contributed by atoms with Crippen LogP contribution in [0.1, 0.15) is 5.69 Å². The lowest BCUT2D eigenvalue weighted by molar-refractivity contribution is 0.337. The molecule has 0 amide bonds. The third kappa shape index (κ3) is 2.65. The van der Waals surface area contributed by atoms with Gasteiger partial charge in [0.15, 0.2) is 5.69 Å². The van der Waals surface area contributed by atoms with Crippen molar-refractivity contribution in [2.24, 2.45) is 4.99 Å². The quantitative estimate of drug-likeness (QED) is 0.544. The Morgan fingerprint density at radius 1 is 0.875 bits per heavy atom. The predicted octanol–water partition coefficient (Wildman–Crippen LogP) is 4.95. The maximum atomic E-state index is 10.0. The van der Waals surface area contributed by atoms with Crippen LogP contribution in [0.5, 0.6) is 5.95 Å². The summed E-state index contributed by atoms with van der Waals surface area (Å²) in [6, 6.07) is 23.3. The summed E-state index contributed by atoms with van der Waals surface area (Å²) < 4.78 is 5.45. The van der Waals surface area contributed by atoms with E-state index < -0.39 is 0 Å². The van der Waals surface area contributed by atoms with E-state index in [4.69, 9.17) is 4.42 Å². The van der Waals surface area contributed by atoms with E-state index in [-0.39, 0.29) is 5.95 Å². The molecule has 0 fully saturated rings. The van der Waals surface area contributed by atoms with E-state index in [0.29, 0.717) is 11.6 Å². The Balaban J connectivity index is 1.74. The van der Waals surface area contributed by atoms with Gasteiger partial charge < -0.3 is 9.52 Å². The lowest BCUT2D eigenvalue weighted by Gasteiger charge is -2.01. The van der Waals surface area contributed by atoms with Gasteiger partial charge in [-0.25, -0.2) is 4.98 Å². The second kappa shape index (κ2) is 6.01. The molecule has 0 saturated carbocycles. The molecule has 0 atom stereocenters. The van der Waals surface area contributed by atoms with Crippen LogP contribution in [0.15, 0.2) is 82.2 Å². The first-order valence-corrected chi connectivity index (χ1v) is 7.58. The Morgan fingerprint density at radius 3 is 2.50 bits per heavy atom. The smallest absolute Gasteiger partial charge is 0.312 e. The summed E-state index contributed by atoms with van der Waals surface area (Å²) in [6.07, 6.45) is 1.50. The monoisotopic (exact) mass is 314 g/mol. The molecule has 0 aliphatic heterocycles. The van der Waals surface area contributed by atoms with Gasteiger partial charge >= 0.3 is 5.95 Å². The molecule has 1 heterocycles. The van der Waals surface area contributed by atoms with E-state index in [1.54, 1.807) is 0 Å². The van der Waals surface area contributed by atoms with Crippen molar-refractivity contribution < 1.29 is 9.52 Å². The highest BCUT2D eigenvalue weighted by Crippen LogP contribution is 2.31. The molecule has 3 aromatic carbocycles. The molecule has 0 radical (unpaired) electrons. The fraction of sp³-hybridized carbons (Fsp3) is 0. The molecule has 4 heteroatoms. The highest BCUT2D eigenvalue weighted by molar-refractivity contribution is 5.95. The lowest BCUT2D eigenvalue weighted by Crippen LogP contribution is -1.84. The molecule has 0 bridgehead atoms. The normalized spacial score (nSPS) is 11.3. The largest absolute Gasteiger partial charge is 0.479 e. The summed E-state index contributed by atoms with van der Waals surface area (Å²) in [7, 11) is 0. The van der Waals surface area contributed by atoms with Crippen molar-refractivity contribution in [1.29, 1.82) is 0 Å². The topological polar surface area (TPSA) is 58.6 Å². The maximum Gasteiger partial charge on any atom is 0.312 e. The minimum Gasteiger partial charge on any atom is -0.479 e. The van der Waals surface area contributed by atoms with Gasteiger partial charge in [0.25, 0.3) is 0 Å². The molecule has 116 valence electrons. The lowest BCUT2D eigenvalue weighted by atomic mass is 10.0. The Morgan fingerprint density at radius 2 is 1.62 bits per heavy atom. The Labute approximate surface area is 138 Å². The predicted molar refractivity (Wildman–Crippen MR) is 94.8 cm³/mol. The number of nitrogens with zero attached hydrogens (tertiary/aromatic N) is 2. The molecule has 4 aromatic rings. The van der Waals surface area contributed by atoms with Crippen molar-refractivity contribution in [2.45, 2.75) is 0 Å². The van der Waals surface area contributed by atoms with Crippen LogP contribution in [-0.2, 0) is 0 Å². The van der Waals surface area contributed by atoms with Gasteiger partial charge in [-0.2, -0.15) is 0 Å². The highest BCUT2D eigenvalue weighted by Gasteiger charge is 2.14. The van der Waals surface area contributed by atoms with Gasteiger partial charge in [-0.3, -0.25) is 4.99 Å². The molecule has 0 aliphatic rings. The first-order valence-electron chi connectivity index (χ1n) is 7.58. The highest BCUT2D eigenvalue weighted by atomic mass is 16.5. The summed E-state index contributed by atoms with van der Waals surface area (Å²) in [4.78, 5) is 8.68. The van der Waals surface area contributed by atoms with E-state index in [2.05, 4.69) is 9.98 Å². The van der Waals surface area contributed by atoms with Crippen molar-refractivity contribution in [1.82, 2.24) is 4.98 Å². The Bertz CT molecular complexity index is 1010. The molecule has 0 saturated heterocycles. The molecule has 1 aromatic heterocycles. The van der Waals surface area contributed by atoms with Crippen LogP contribution in [0, 0.1) is 0 Å². The van der Waals surface area contributed by atoms with Gasteiger partial charge in [-0.15, -0.1) is 0 Å². The third-order valence-corrected chi connectivity index (χ3v) is 3.75. The van der Waals surface area contributed by atoms with Crippen molar-refractivity contribution in [3.8, 4) is 17.4 Å². The standard InChI is InChI=1S/C20H14N2O2/c23-20-18(13-21-15-9-2-1-3-10-15)22-19(24-20)17-12-6-8-14-7-4-5-11-16(14)17/h1-13,23H. The number of aliphatic imine (C=N–C) groups is 1. The Hall–Kier alpha value is -3.40. The average molecular weight is 314 g/mol. The summed E-state index contributed by atoms with van der Waals surface area (Å²) in [6.45, 7) is 0. The van der Waals surface area contributed by atoms with Crippen LogP contribution in [0.4, 0.5) is 5.69 Å². The van der Waals surface area contributed by atoms with Crippen LogP contribution in [-0.4, -0.2) is 16.3 Å². The van der Waals surface area contributed by atoms with Gasteiger partial charge in [-0.1, -0.05) is 54.6 Å². The number of hydrogen-bond donors (Lipinski definition) is 1. The minimum atomic E-state index is -0.238. The van der Waals surface area contributed by atoms with Crippen molar-refractivity contribution >= 4 is 22.7 Å². The van der Waals surface area contributed by atoms with E-state index in [1.807, 2.05) is 72.8 Å². The van der Waals surface area contributed by atoms with Crippen molar-refractivity contribution in [3.05, 3.63) is 78.5 Å². The van der Waals surface area contributed by atoms with Gasteiger partial charge in [0.05, 0.1) is 11.9 Å². The molecule has 0 spiro atoms. The molecule has 4 nitrogen and oxygen atoms in total. The number of fused-ring (bicyclic) bond motifs is 1. The molecule has 0 unspecified atom stereocenters. The zero-order valence-corrected chi connectivity index (χ0v) is 12.8. The molecule has 4 rings (SSSR count). The van der Waals surface area contributed by atoms with Crippen molar-refractivity contribution in [3.63, 3.8) is 0 Å². The van der Waals surface area contributed by atoms with Gasteiger partial charge in [0.1, 0.15) is 0 Å². The third-order valence-electron chi connectivity index (χ3n) is 3.75. The molecular weight excluding hydrogens is 300 g/mol. The number of para-hydroxylation sites is 1. The van der Waals surface area contributed by atoms with Crippen LogP contribution in [0.3, 0.4) is 0 Å². The van der Waals surface area contributed by atoms with E-state index >= 15 is 0 Å². The molecular formula is C20H14N2O2. The van der Waals surface area contributed by atoms with E-state index in [9.17, 15) is 5.11 Å². The summed E-state index contributed by atoms with van der Waals surface area (Å²) in [5.74, 6) is 0.136. The minimum absolute atomic E-state index is 0.238. The molecule has 0 aliphatic carbocycles. The fourth-order valence-corrected chi connectivity index (χ4v) is 2.58. The van der Waals surface area contributed by atoms with Crippen LogP contribution >= 0.6 is 0 Å². The maximum absolute atomic E-state index is 10.0. The van der Waals surface area contributed by atoms with Crippen LogP contribution in [0.2, 0.25) is 0 Å².